The van der Waals surface area contributed by atoms with E-state index in [-0.39, 0.29) is 19.1 Å². The molecule has 9 heteroatoms. The normalized spacial score (nSPS) is 13.7. The summed E-state index contributed by atoms with van der Waals surface area (Å²) < 4.78 is 32.1. The van der Waals surface area contributed by atoms with E-state index in [0.29, 0.717) is 0 Å². The first-order valence-corrected chi connectivity index (χ1v) is 10.5. The lowest BCUT2D eigenvalue weighted by molar-refractivity contribution is -0.146. The molecule has 0 spiro atoms. The molecule has 176 valence electrons. The number of benzene rings is 2. The van der Waals surface area contributed by atoms with Crippen LogP contribution in [0.1, 0.15) is 37.3 Å². The summed E-state index contributed by atoms with van der Waals surface area (Å²) >= 11 is 0. The van der Waals surface area contributed by atoms with Gasteiger partial charge in [-0.05, 0) is 36.1 Å². The van der Waals surface area contributed by atoms with Crippen LogP contribution in [0.3, 0.4) is 0 Å². The van der Waals surface area contributed by atoms with Crippen LogP contribution in [0.5, 0.6) is 0 Å². The van der Waals surface area contributed by atoms with Crippen LogP contribution in [-0.2, 0) is 14.3 Å². The summed E-state index contributed by atoms with van der Waals surface area (Å²) in [7, 11) is 0. The van der Waals surface area contributed by atoms with Crippen LogP contribution < -0.4 is 10.6 Å². The van der Waals surface area contributed by atoms with Gasteiger partial charge in [-0.3, -0.25) is 9.59 Å². The molecule has 2 aromatic rings. The highest BCUT2D eigenvalue weighted by atomic mass is 19.3. The minimum absolute atomic E-state index is 0.0468. The lowest BCUT2D eigenvalue weighted by Crippen LogP contribution is -2.46. The molecule has 0 aromatic heterocycles. The first kappa shape index (κ1) is 24.2. The number of amides is 2. The van der Waals surface area contributed by atoms with Crippen LogP contribution in [0, 0.1) is 5.41 Å². The molecule has 2 amide bonds. The number of carbonyl (C=O) groups is 3. The van der Waals surface area contributed by atoms with E-state index in [4.69, 9.17) is 9.84 Å². The molecular weight excluding hydrogens is 434 g/mol. The summed E-state index contributed by atoms with van der Waals surface area (Å²) in [4.78, 5) is 35.4. The molecule has 7 nitrogen and oxygen atoms in total. The van der Waals surface area contributed by atoms with Crippen LogP contribution in [0.25, 0.3) is 11.1 Å². The third kappa shape index (κ3) is 5.66. The Hall–Kier alpha value is -3.49. The highest BCUT2D eigenvalue weighted by Crippen LogP contribution is 2.44. The fourth-order valence-corrected chi connectivity index (χ4v) is 3.66. The molecule has 1 aliphatic carbocycles. The zero-order chi connectivity index (χ0) is 24.2. The first-order chi connectivity index (χ1) is 15.6. The predicted molar refractivity (Wildman–Crippen MR) is 117 cm³/mol. The van der Waals surface area contributed by atoms with Gasteiger partial charge in [-0.1, -0.05) is 48.5 Å². The number of rotatable bonds is 9. The quantitative estimate of drug-likeness (QED) is 0.528. The number of hydrogen-bond acceptors (Lipinski definition) is 4. The summed E-state index contributed by atoms with van der Waals surface area (Å²) in [6.07, 6.45) is -4.78. The fraction of sp³-hybridized carbons (Fsp3) is 0.375. The Kier molecular flexibility index (Phi) is 7.30. The van der Waals surface area contributed by atoms with Gasteiger partial charge >= 0.3 is 12.1 Å². The highest BCUT2D eigenvalue weighted by molar-refractivity contribution is 5.80. The van der Waals surface area contributed by atoms with E-state index < -0.39 is 42.3 Å². The second-order valence-corrected chi connectivity index (χ2v) is 8.58. The van der Waals surface area contributed by atoms with Crippen molar-refractivity contribution in [3.63, 3.8) is 0 Å². The lowest BCUT2D eigenvalue weighted by Gasteiger charge is -2.22. The van der Waals surface area contributed by atoms with Crippen LogP contribution in [0.15, 0.2) is 48.5 Å². The van der Waals surface area contributed by atoms with Crippen molar-refractivity contribution in [2.24, 2.45) is 5.41 Å². The van der Waals surface area contributed by atoms with Crippen molar-refractivity contribution in [2.45, 2.75) is 38.7 Å². The molecule has 0 saturated carbocycles. The molecule has 3 rings (SSSR count). The molecule has 0 saturated heterocycles. The van der Waals surface area contributed by atoms with E-state index in [9.17, 15) is 23.2 Å². The summed E-state index contributed by atoms with van der Waals surface area (Å²) in [5.41, 5.74) is 2.78. The standard InChI is InChI=1S/C24H26F2N2O5/c1-24(2,22(30)31)13-27-20(29)11-19(21(25)26)28-23(32)33-12-18-16-9-5-3-7-14(16)15-8-4-6-10-17(15)18/h3-10,18-19,21H,11-13H2,1-2H3,(H,27,29)(H,28,32)(H,30,31). The maximum atomic E-state index is 13.4. The van der Waals surface area contributed by atoms with Gasteiger partial charge in [0.25, 0.3) is 6.43 Å². The van der Waals surface area contributed by atoms with Crippen LogP contribution in [-0.4, -0.2) is 48.7 Å². The van der Waals surface area contributed by atoms with Gasteiger partial charge in [-0.15, -0.1) is 0 Å². The number of fused-ring (bicyclic) bond motifs is 3. The molecule has 0 aliphatic heterocycles. The number of aliphatic carboxylic acids is 1. The number of carbonyl (C=O) groups excluding carboxylic acids is 2. The molecule has 0 radical (unpaired) electrons. The molecule has 2 aromatic carbocycles. The Morgan fingerprint density at radius 2 is 1.58 bits per heavy atom. The Bertz CT molecular complexity index is 996. The van der Waals surface area contributed by atoms with Crippen LogP contribution in [0.2, 0.25) is 0 Å². The summed E-state index contributed by atoms with van der Waals surface area (Å²) in [6.45, 7) is 2.52. The molecular formula is C24H26F2N2O5. The minimum atomic E-state index is -3.01. The van der Waals surface area contributed by atoms with Crippen molar-refractivity contribution in [1.82, 2.24) is 10.6 Å². The Balaban J connectivity index is 1.58. The molecule has 0 heterocycles. The Morgan fingerprint density at radius 1 is 1.03 bits per heavy atom. The van der Waals surface area contributed by atoms with Crippen molar-refractivity contribution in [3.8, 4) is 11.1 Å². The van der Waals surface area contributed by atoms with Crippen molar-refractivity contribution in [3.05, 3.63) is 59.7 Å². The maximum absolute atomic E-state index is 13.4. The van der Waals surface area contributed by atoms with E-state index in [1.165, 1.54) is 13.8 Å². The van der Waals surface area contributed by atoms with Gasteiger partial charge in [0.2, 0.25) is 5.91 Å². The van der Waals surface area contributed by atoms with E-state index >= 15 is 0 Å². The number of alkyl carbamates (subject to hydrolysis) is 1. The smallest absolute Gasteiger partial charge is 0.407 e. The number of nitrogens with one attached hydrogen (secondary N) is 2. The number of halogens is 2. The van der Waals surface area contributed by atoms with Gasteiger partial charge in [-0.2, -0.15) is 0 Å². The van der Waals surface area contributed by atoms with Gasteiger partial charge in [-0.25, -0.2) is 13.6 Å². The Morgan fingerprint density at radius 3 is 2.09 bits per heavy atom. The van der Waals surface area contributed by atoms with Crippen molar-refractivity contribution in [1.29, 1.82) is 0 Å². The molecule has 1 atom stereocenters. The molecule has 33 heavy (non-hydrogen) atoms. The molecule has 0 bridgehead atoms. The average molecular weight is 460 g/mol. The number of carboxylic acid groups (broad SMARTS) is 1. The number of carboxylic acids is 1. The molecule has 0 fully saturated rings. The SMILES string of the molecule is CC(C)(CNC(=O)CC(NC(=O)OCC1c2ccccc2-c2ccccc21)C(F)F)C(=O)O. The number of alkyl halides is 2. The Labute approximate surface area is 190 Å². The van der Waals surface area contributed by atoms with E-state index in [0.717, 1.165) is 22.3 Å². The van der Waals surface area contributed by atoms with Crippen molar-refractivity contribution < 1.29 is 33.0 Å². The van der Waals surface area contributed by atoms with Crippen molar-refractivity contribution in [2.75, 3.05) is 13.2 Å². The fourth-order valence-electron chi connectivity index (χ4n) is 3.66. The van der Waals surface area contributed by atoms with E-state index in [1.54, 1.807) is 0 Å². The van der Waals surface area contributed by atoms with Crippen LogP contribution in [0.4, 0.5) is 13.6 Å². The summed E-state index contributed by atoms with van der Waals surface area (Å²) in [5.74, 6) is -2.16. The van der Waals surface area contributed by atoms with Gasteiger partial charge in [0.15, 0.2) is 0 Å². The highest BCUT2D eigenvalue weighted by Gasteiger charge is 2.32. The van der Waals surface area contributed by atoms with E-state index in [1.807, 2.05) is 48.5 Å². The zero-order valence-electron chi connectivity index (χ0n) is 18.3. The number of ether oxygens (including phenoxy) is 1. The average Bonchev–Trinajstić information content (AvgIpc) is 3.09. The molecule has 1 aliphatic rings. The largest absolute Gasteiger partial charge is 0.481 e. The van der Waals surface area contributed by atoms with E-state index in [2.05, 4.69) is 10.6 Å². The second kappa shape index (κ2) is 9.97. The van der Waals surface area contributed by atoms with Gasteiger partial charge in [0.05, 0.1) is 11.8 Å². The lowest BCUT2D eigenvalue weighted by atomic mass is 9.94. The summed E-state index contributed by atoms with van der Waals surface area (Å²) in [6, 6.07) is 13.7. The number of hydrogen-bond donors (Lipinski definition) is 3. The predicted octanol–water partition coefficient (Wildman–Crippen LogP) is 3.78. The maximum Gasteiger partial charge on any atom is 0.407 e. The third-order valence-corrected chi connectivity index (χ3v) is 5.66. The summed E-state index contributed by atoms with van der Waals surface area (Å²) in [5, 5.41) is 13.4. The van der Waals surface area contributed by atoms with Gasteiger partial charge < -0.3 is 20.5 Å². The topological polar surface area (TPSA) is 105 Å². The second-order valence-electron chi connectivity index (χ2n) is 8.58. The third-order valence-electron chi connectivity index (χ3n) is 5.66. The monoisotopic (exact) mass is 460 g/mol. The van der Waals surface area contributed by atoms with Gasteiger partial charge in [0.1, 0.15) is 12.6 Å². The zero-order valence-corrected chi connectivity index (χ0v) is 18.3. The van der Waals surface area contributed by atoms with Gasteiger partial charge in [0, 0.05) is 12.5 Å². The minimum Gasteiger partial charge on any atom is -0.481 e. The van der Waals surface area contributed by atoms with Crippen molar-refractivity contribution >= 4 is 18.0 Å². The molecule has 1 unspecified atom stereocenters. The van der Waals surface area contributed by atoms with Crippen LogP contribution >= 0.6 is 0 Å². The first-order valence-electron chi connectivity index (χ1n) is 10.5. The molecule has 3 N–H and O–H groups in total.